The third-order valence-corrected chi connectivity index (χ3v) is 4.52. The number of aliphatic imine (C=N–C) groups is 2. The number of β-amino-alcohol motifs (C(OH)–C–C–N with tert-alkyl or cyclic N) is 1. The summed E-state index contributed by atoms with van der Waals surface area (Å²) in [6.07, 6.45) is -0.514. The lowest BCUT2D eigenvalue weighted by molar-refractivity contribution is 0.168. The number of aliphatic hydroxyl groups excluding tert-OH is 1. The maximum atomic E-state index is 10.1. The van der Waals surface area contributed by atoms with Crippen molar-refractivity contribution in [1.29, 1.82) is 0 Å². The second-order valence-corrected chi connectivity index (χ2v) is 6.41. The van der Waals surface area contributed by atoms with E-state index in [1.807, 2.05) is 54.6 Å². The van der Waals surface area contributed by atoms with Gasteiger partial charge in [0.15, 0.2) is 0 Å². The molecule has 1 heterocycles. The zero-order valence-corrected chi connectivity index (χ0v) is 15.8. The van der Waals surface area contributed by atoms with Crippen LogP contribution in [0.3, 0.4) is 0 Å². The van der Waals surface area contributed by atoms with Crippen LogP contribution in [0.4, 0.5) is 0 Å². The van der Waals surface area contributed by atoms with Gasteiger partial charge in [0.25, 0.3) is 0 Å². The molecular weight excluding hydrogens is 354 g/mol. The lowest BCUT2D eigenvalue weighted by Crippen LogP contribution is -2.39. The van der Waals surface area contributed by atoms with Crippen LogP contribution in [-0.2, 0) is 0 Å². The fourth-order valence-corrected chi connectivity index (χ4v) is 3.02. The normalized spacial score (nSPS) is 20.4. The summed E-state index contributed by atoms with van der Waals surface area (Å²) in [5, 5.41) is 16.4. The number of para-hydroxylation sites is 1. The van der Waals surface area contributed by atoms with E-state index in [1.54, 1.807) is 7.05 Å². The average molecular weight is 379 g/mol. The fraction of sp³-hybridized carbons (Fsp3) is 0.238. The summed E-state index contributed by atoms with van der Waals surface area (Å²) in [5.74, 6) is 2.27. The molecule has 5 N–H and O–H groups in total. The smallest absolute Gasteiger partial charge is 0.137 e. The number of nitrogens with two attached hydrogens (primary N) is 1. The first-order chi connectivity index (χ1) is 13.6. The van der Waals surface area contributed by atoms with Crippen molar-refractivity contribution in [3.05, 3.63) is 66.0 Å². The molecule has 1 saturated heterocycles. The molecule has 2 atom stereocenters. The van der Waals surface area contributed by atoms with Crippen molar-refractivity contribution in [2.24, 2.45) is 15.7 Å². The van der Waals surface area contributed by atoms with Crippen LogP contribution in [0.5, 0.6) is 11.5 Å². The first-order valence-corrected chi connectivity index (χ1v) is 9.04. The van der Waals surface area contributed by atoms with Crippen LogP contribution >= 0.6 is 0 Å². The number of amidine groups is 1. The van der Waals surface area contributed by atoms with Crippen LogP contribution < -0.4 is 21.1 Å². The van der Waals surface area contributed by atoms with E-state index >= 15 is 0 Å². The molecule has 0 bridgehead atoms. The molecule has 0 radical (unpaired) electrons. The topological polar surface area (TPSA) is 104 Å². The number of hydrogen-bond acceptors (Lipinski definition) is 6. The Morgan fingerprint density at radius 2 is 1.82 bits per heavy atom. The average Bonchev–Trinajstić information content (AvgIpc) is 3.13. The van der Waals surface area contributed by atoms with Crippen molar-refractivity contribution in [1.82, 2.24) is 10.6 Å². The van der Waals surface area contributed by atoms with Crippen molar-refractivity contribution in [2.75, 3.05) is 20.1 Å². The highest BCUT2D eigenvalue weighted by Crippen LogP contribution is 2.25. The predicted molar refractivity (Wildman–Crippen MR) is 113 cm³/mol. The first kappa shape index (κ1) is 19.6. The van der Waals surface area contributed by atoms with Gasteiger partial charge in [-0.05, 0) is 36.5 Å². The maximum Gasteiger partial charge on any atom is 0.137 e. The Morgan fingerprint density at radius 1 is 1.14 bits per heavy atom. The molecule has 0 saturated carbocycles. The SMILES string of the molecule is C=N/C(NC1CNCC1O)=C(\C(N)=NC)c1ccc(Oc2ccccc2)cc1. The van der Waals surface area contributed by atoms with Crippen LogP contribution in [0, 0.1) is 0 Å². The van der Waals surface area contributed by atoms with Gasteiger partial charge in [0, 0.05) is 20.1 Å². The molecule has 2 aromatic carbocycles. The zero-order valence-electron chi connectivity index (χ0n) is 15.8. The van der Waals surface area contributed by atoms with Gasteiger partial charge in [-0.15, -0.1) is 0 Å². The van der Waals surface area contributed by atoms with Gasteiger partial charge in [0.2, 0.25) is 0 Å². The van der Waals surface area contributed by atoms with Crippen molar-refractivity contribution in [2.45, 2.75) is 12.1 Å². The Kier molecular flexibility index (Phi) is 6.41. The van der Waals surface area contributed by atoms with Crippen molar-refractivity contribution >= 4 is 18.1 Å². The highest BCUT2D eigenvalue weighted by atomic mass is 16.5. The molecule has 0 aromatic heterocycles. The third-order valence-electron chi connectivity index (χ3n) is 4.52. The van der Waals surface area contributed by atoms with Crippen LogP contribution in [0.2, 0.25) is 0 Å². The number of hydrogen-bond donors (Lipinski definition) is 4. The number of benzene rings is 2. The number of nitrogens with zero attached hydrogens (tertiary/aromatic N) is 2. The van der Waals surface area contributed by atoms with Crippen LogP contribution in [0.15, 0.2) is 70.4 Å². The summed E-state index contributed by atoms with van der Waals surface area (Å²) in [6, 6.07) is 16.9. The minimum atomic E-state index is -0.514. The summed E-state index contributed by atoms with van der Waals surface area (Å²) in [6.45, 7) is 4.81. The van der Waals surface area contributed by atoms with E-state index in [9.17, 15) is 5.11 Å². The van der Waals surface area contributed by atoms with Crippen molar-refractivity contribution in [3.63, 3.8) is 0 Å². The van der Waals surface area contributed by atoms with E-state index in [4.69, 9.17) is 10.5 Å². The minimum absolute atomic E-state index is 0.180. The summed E-state index contributed by atoms with van der Waals surface area (Å²) in [5.41, 5.74) is 7.60. The molecular formula is C21H25N5O2. The summed E-state index contributed by atoms with van der Waals surface area (Å²) >= 11 is 0. The fourth-order valence-electron chi connectivity index (χ4n) is 3.02. The van der Waals surface area contributed by atoms with Gasteiger partial charge in [0.1, 0.15) is 23.2 Å². The van der Waals surface area contributed by atoms with Crippen LogP contribution in [0.25, 0.3) is 5.57 Å². The Balaban J connectivity index is 1.89. The molecule has 7 nitrogen and oxygen atoms in total. The molecule has 146 valence electrons. The number of rotatable bonds is 7. The van der Waals surface area contributed by atoms with E-state index < -0.39 is 6.10 Å². The molecule has 1 aliphatic rings. The van der Waals surface area contributed by atoms with E-state index in [2.05, 4.69) is 27.3 Å². The van der Waals surface area contributed by atoms with Gasteiger partial charge in [-0.3, -0.25) is 4.99 Å². The maximum absolute atomic E-state index is 10.1. The van der Waals surface area contributed by atoms with Crippen molar-refractivity contribution < 1.29 is 9.84 Å². The van der Waals surface area contributed by atoms with Crippen molar-refractivity contribution in [3.8, 4) is 11.5 Å². The van der Waals surface area contributed by atoms with Gasteiger partial charge >= 0.3 is 0 Å². The molecule has 1 fully saturated rings. The second-order valence-electron chi connectivity index (χ2n) is 6.41. The summed E-state index contributed by atoms with van der Waals surface area (Å²) in [4.78, 5) is 8.23. The predicted octanol–water partition coefficient (Wildman–Crippen LogP) is 1.76. The molecule has 28 heavy (non-hydrogen) atoms. The molecule has 0 amide bonds. The highest BCUT2D eigenvalue weighted by Gasteiger charge is 2.26. The molecule has 3 rings (SSSR count). The van der Waals surface area contributed by atoms with Gasteiger partial charge in [-0.25, -0.2) is 4.99 Å². The van der Waals surface area contributed by atoms with E-state index in [-0.39, 0.29) is 6.04 Å². The van der Waals surface area contributed by atoms with Crippen LogP contribution in [0.1, 0.15) is 5.56 Å². The Bertz CT molecular complexity index is 862. The lowest BCUT2D eigenvalue weighted by atomic mass is 10.0. The molecule has 1 aliphatic heterocycles. The standard InChI is InChI=1S/C21H25N5O2/c1-23-20(22)19(21(24-2)26-17-12-25-13-18(17)27)14-8-10-16(11-9-14)28-15-6-4-3-5-7-15/h3-11,17-18,25-27H,2,12-13H2,1H3,(H2,22,23)/b21-19+. The van der Waals surface area contributed by atoms with Gasteiger partial charge in [-0.1, -0.05) is 30.3 Å². The molecule has 0 aliphatic carbocycles. The van der Waals surface area contributed by atoms with E-state index in [0.717, 1.165) is 11.3 Å². The number of ether oxygens (including phenoxy) is 1. The largest absolute Gasteiger partial charge is 0.457 e. The van der Waals surface area contributed by atoms with Gasteiger partial charge < -0.3 is 26.2 Å². The summed E-state index contributed by atoms with van der Waals surface area (Å²) in [7, 11) is 1.62. The van der Waals surface area contributed by atoms with Crippen LogP contribution in [-0.4, -0.2) is 49.9 Å². The van der Waals surface area contributed by atoms with Gasteiger partial charge in [0.05, 0.1) is 17.7 Å². The zero-order chi connectivity index (χ0) is 19.9. The second kappa shape index (κ2) is 9.16. The third kappa shape index (κ3) is 4.57. The highest BCUT2D eigenvalue weighted by molar-refractivity contribution is 6.22. The number of nitrogens with one attached hydrogen (secondary N) is 2. The minimum Gasteiger partial charge on any atom is -0.457 e. The lowest BCUT2D eigenvalue weighted by Gasteiger charge is -2.20. The number of aliphatic hydroxyl groups is 1. The molecule has 2 unspecified atom stereocenters. The van der Waals surface area contributed by atoms with Gasteiger partial charge in [-0.2, -0.15) is 0 Å². The molecule has 2 aromatic rings. The molecule has 0 spiro atoms. The Hall–Kier alpha value is -3.16. The van der Waals surface area contributed by atoms with E-state index in [1.165, 1.54) is 0 Å². The first-order valence-electron chi connectivity index (χ1n) is 9.04. The Labute approximate surface area is 164 Å². The quantitative estimate of drug-likeness (QED) is 0.433. The summed E-state index contributed by atoms with van der Waals surface area (Å²) < 4.78 is 5.84. The monoisotopic (exact) mass is 379 g/mol. The molecule has 7 heteroatoms. The Morgan fingerprint density at radius 3 is 2.39 bits per heavy atom. The van der Waals surface area contributed by atoms with E-state index in [0.29, 0.717) is 36.1 Å².